The van der Waals surface area contributed by atoms with Crippen LogP contribution in [0.3, 0.4) is 0 Å². The zero-order valence-electron chi connectivity index (χ0n) is 10.9. The molecule has 0 heterocycles. The molecule has 0 saturated heterocycles. The maximum Gasteiger partial charge on any atom is 0.246 e. The molecule has 0 spiro atoms. The van der Waals surface area contributed by atoms with E-state index in [1.54, 1.807) is 18.1 Å². The Kier molecular flexibility index (Phi) is 7.40. The number of aliphatic hydroxyl groups is 1. The molecule has 0 aromatic heterocycles. The summed E-state index contributed by atoms with van der Waals surface area (Å²) in [5.41, 5.74) is 0.951. The smallest absolute Gasteiger partial charge is 0.246 e. The summed E-state index contributed by atoms with van der Waals surface area (Å²) in [5.74, 6) is -0.131. The first-order valence-electron chi connectivity index (χ1n) is 5.99. The summed E-state index contributed by atoms with van der Waals surface area (Å²) in [6, 6.07) is 7.67. The lowest BCUT2D eigenvalue weighted by molar-refractivity contribution is -0.127. The molecule has 1 aromatic carbocycles. The van der Waals surface area contributed by atoms with Crippen LogP contribution in [-0.2, 0) is 9.53 Å². The first-order valence-corrected chi connectivity index (χ1v) is 6.79. The number of hydrogen-bond acceptors (Lipinski definition) is 3. The van der Waals surface area contributed by atoms with Gasteiger partial charge in [0.05, 0.1) is 13.2 Å². The number of nitrogens with zero attached hydrogens (tertiary/aromatic N) is 1. The topological polar surface area (TPSA) is 49.8 Å². The van der Waals surface area contributed by atoms with E-state index in [9.17, 15) is 4.79 Å². The van der Waals surface area contributed by atoms with Crippen molar-refractivity contribution in [3.8, 4) is 0 Å². The molecule has 0 unspecified atom stereocenters. The van der Waals surface area contributed by atoms with Crippen molar-refractivity contribution in [3.05, 3.63) is 40.4 Å². The number of rotatable bonds is 7. The standard InChI is InChI=1S/C14H18BrNO3/c1-19-11-9-16(8-10-17)14(18)7-4-12-2-5-13(15)6-3-12/h2-7,17H,8-11H2,1H3/b7-4+. The van der Waals surface area contributed by atoms with Gasteiger partial charge >= 0.3 is 0 Å². The Morgan fingerprint density at radius 2 is 2.05 bits per heavy atom. The van der Waals surface area contributed by atoms with Gasteiger partial charge in [-0.15, -0.1) is 0 Å². The summed E-state index contributed by atoms with van der Waals surface area (Å²) in [4.78, 5) is 13.5. The second-order valence-electron chi connectivity index (χ2n) is 3.93. The van der Waals surface area contributed by atoms with E-state index in [0.29, 0.717) is 19.7 Å². The van der Waals surface area contributed by atoms with Crippen molar-refractivity contribution in [2.75, 3.05) is 33.4 Å². The summed E-state index contributed by atoms with van der Waals surface area (Å²) in [7, 11) is 1.58. The molecule has 19 heavy (non-hydrogen) atoms. The van der Waals surface area contributed by atoms with Gasteiger partial charge in [0.25, 0.3) is 0 Å². The van der Waals surface area contributed by atoms with Crippen molar-refractivity contribution < 1.29 is 14.6 Å². The van der Waals surface area contributed by atoms with Crippen LogP contribution in [0.4, 0.5) is 0 Å². The van der Waals surface area contributed by atoms with Crippen molar-refractivity contribution in [2.24, 2.45) is 0 Å². The Labute approximate surface area is 121 Å². The fourth-order valence-corrected chi connectivity index (χ4v) is 1.77. The lowest BCUT2D eigenvalue weighted by atomic mass is 10.2. The van der Waals surface area contributed by atoms with Gasteiger partial charge in [0.1, 0.15) is 0 Å². The molecule has 1 N–H and O–H groups in total. The van der Waals surface area contributed by atoms with E-state index >= 15 is 0 Å². The number of amides is 1. The summed E-state index contributed by atoms with van der Waals surface area (Å²) in [6.45, 7) is 1.19. The van der Waals surface area contributed by atoms with Crippen LogP contribution in [0.2, 0.25) is 0 Å². The van der Waals surface area contributed by atoms with Gasteiger partial charge in [-0.05, 0) is 23.8 Å². The average molecular weight is 328 g/mol. The van der Waals surface area contributed by atoms with Crippen LogP contribution in [-0.4, -0.2) is 49.3 Å². The van der Waals surface area contributed by atoms with Crippen molar-refractivity contribution in [1.29, 1.82) is 0 Å². The van der Waals surface area contributed by atoms with Gasteiger partial charge in [0, 0.05) is 30.7 Å². The molecular formula is C14H18BrNO3. The number of halogens is 1. The third-order valence-electron chi connectivity index (χ3n) is 2.54. The summed E-state index contributed by atoms with van der Waals surface area (Å²) < 4.78 is 5.94. The van der Waals surface area contributed by atoms with E-state index in [-0.39, 0.29) is 12.5 Å². The van der Waals surface area contributed by atoms with E-state index in [2.05, 4.69) is 15.9 Å². The van der Waals surface area contributed by atoms with Gasteiger partial charge in [-0.1, -0.05) is 28.1 Å². The maximum absolute atomic E-state index is 11.9. The second-order valence-corrected chi connectivity index (χ2v) is 4.84. The molecule has 0 atom stereocenters. The summed E-state index contributed by atoms with van der Waals surface area (Å²) in [6.07, 6.45) is 3.26. The molecule has 1 rings (SSSR count). The zero-order chi connectivity index (χ0) is 14.1. The number of carbonyl (C=O) groups excluding carboxylic acids is 1. The van der Waals surface area contributed by atoms with Crippen molar-refractivity contribution in [3.63, 3.8) is 0 Å². The molecule has 0 fully saturated rings. The molecule has 1 amide bonds. The van der Waals surface area contributed by atoms with Crippen molar-refractivity contribution in [2.45, 2.75) is 0 Å². The molecule has 0 bridgehead atoms. The molecule has 4 nitrogen and oxygen atoms in total. The van der Waals surface area contributed by atoms with E-state index in [4.69, 9.17) is 9.84 Å². The fourth-order valence-electron chi connectivity index (χ4n) is 1.50. The number of ether oxygens (including phenoxy) is 1. The van der Waals surface area contributed by atoms with Crippen molar-refractivity contribution >= 4 is 27.9 Å². The number of methoxy groups -OCH3 is 1. The SMILES string of the molecule is COCCN(CCO)C(=O)/C=C/c1ccc(Br)cc1. The molecule has 104 valence electrons. The minimum Gasteiger partial charge on any atom is -0.395 e. The van der Waals surface area contributed by atoms with Gasteiger partial charge in [0.2, 0.25) is 5.91 Å². The molecular weight excluding hydrogens is 310 g/mol. The third kappa shape index (κ3) is 6.00. The monoisotopic (exact) mass is 327 g/mol. The Morgan fingerprint density at radius 3 is 2.63 bits per heavy atom. The highest BCUT2D eigenvalue weighted by atomic mass is 79.9. The highest BCUT2D eigenvalue weighted by molar-refractivity contribution is 9.10. The molecule has 5 heteroatoms. The Morgan fingerprint density at radius 1 is 1.37 bits per heavy atom. The second kappa shape index (κ2) is 8.85. The molecule has 0 aliphatic rings. The first kappa shape index (κ1) is 15.9. The summed E-state index contributed by atoms with van der Waals surface area (Å²) in [5, 5.41) is 8.94. The molecule has 0 aliphatic heterocycles. The molecule has 1 aromatic rings. The van der Waals surface area contributed by atoms with Gasteiger partial charge in [-0.3, -0.25) is 4.79 Å². The number of benzene rings is 1. The third-order valence-corrected chi connectivity index (χ3v) is 3.06. The largest absolute Gasteiger partial charge is 0.395 e. The summed E-state index contributed by atoms with van der Waals surface area (Å²) >= 11 is 3.36. The van der Waals surface area contributed by atoms with Crippen LogP contribution in [0.5, 0.6) is 0 Å². The highest BCUT2D eigenvalue weighted by Crippen LogP contribution is 2.11. The van der Waals surface area contributed by atoms with E-state index in [1.807, 2.05) is 24.3 Å². The molecule has 0 saturated carbocycles. The number of hydrogen-bond donors (Lipinski definition) is 1. The predicted molar refractivity (Wildman–Crippen MR) is 78.7 cm³/mol. The van der Waals surface area contributed by atoms with Crippen LogP contribution >= 0.6 is 15.9 Å². The average Bonchev–Trinajstić information content (AvgIpc) is 2.42. The minimum atomic E-state index is -0.131. The molecule has 0 radical (unpaired) electrons. The lowest BCUT2D eigenvalue weighted by Crippen LogP contribution is -2.34. The van der Waals surface area contributed by atoms with Crippen LogP contribution in [0, 0.1) is 0 Å². The predicted octanol–water partition coefficient (Wildman–Crippen LogP) is 1.93. The van der Waals surface area contributed by atoms with Crippen molar-refractivity contribution in [1.82, 2.24) is 4.90 Å². The quantitative estimate of drug-likeness (QED) is 0.778. The Bertz CT molecular complexity index is 417. The van der Waals surface area contributed by atoms with Gasteiger partial charge in [0.15, 0.2) is 0 Å². The highest BCUT2D eigenvalue weighted by Gasteiger charge is 2.08. The van der Waals surface area contributed by atoms with Crippen LogP contribution < -0.4 is 0 Å². The number of carbonyl (C=O) groups is 1. The normalized spacial score (nSPS) is 10.9. The lowest BCUT2D eigenvalue weighted by Gasteiger charge is -2.19. The Balaban J connectivity index is 2.61. The zero-order valence-corrected chi connectivity index (χ0v) is 12.5. The Hall–Kier alpha value is -1.17. The minimum absolute atomic E-state index is 0.0540. The van der Waals surface area contributed by atoms with E-state index in [1.165, 1.54) is 6.08 Å². The first-order chi connectivity index (χ1) is 9.17. The van der Waals surface area contributed by atoms with Crippen LogP contribution in [0.15, 0.2) is 34.8 Å². The molecule has 0 aliphatic carbocycles. The van der Waals surface area contributed by atoms with Crippen LogP contribution in [0.1, 0.15) is 5.56 Å². The number of aliphatic hydroxyl groups excluding tert-OH is 1. The van der Waals surface area contributed by atoms with E-state index in [0.717, 1.165) is 10.0 Å². The fraction of sp³-hybridized carbons (Fsp3) is 0.357. The van der Waals surface area contributed by atoms with E-state index < -0.39 is 0 Å². The van der Waals surface area contributed by atoms with Gasteiger partial charge in [-0.2, -0.15) is 0 Å². The van der Waals surface area contributed by atoms with Crippen LogP contribution in [0.25, 0.3) is 6.08 Å². The van der Waals surface area contributed by atoms with Gasteiger partial charge < -0.3 is 14.7 Å². The van der Waals surface area contributed by atoms with Gasteiger partial charge in [-0.25, -0.2) is 0 Å². The maximum atomic E-state index is 11.9.